The third-order valence-electron chi connectivity index (χ3n) is 3.22. The Morgan fingerprint density at radius 3 is 2.57 bits per heavy atom. The minimum absolute atomic E-state index is 0.239. The van der Waals surface area contributed by atoms with Crippen LogP contribution in [0.25, 0.3) is 0 Å². The number of nitrogens with two attached hydrogens (primary N) is 1. The van der Waals surface area contributed by atoms with Gasteiger partial charge in [-0.05, 0) is 31.5 Å². The zero-order valence-corrected chi connectivity index (χ0v) is 13.3. The number of hydrogen-bond acceptors (Lipinski definition) is 3. The van der Waals surface area contributed by atoms with E-state index in [4.69, 9.17) is 17.3 Å². The van der Waals surface area contributed by atoms with Crippen LogP contribution in [-0.2, 0) is 4.79 Å². The van der Waals surface area contributed by atoms with Crippen LogP contribution in [-0.4, -0.2) is 24.4 Å². The molecule has 0 aliphatic carbocycles. The molecule has 2 unspecified atom stereocenters. The fraction of sp³-hybridized carbons (Fsp3) is 0.467. The van der Waals surface area contributed by atoms with E-state index in [1.165, 1.54) is 0 Å². The van der Waals surface area contributed by atoms with Gasteiger partial charge in [0.25, 0.3) is 5.91 Å². The van der Waals surface area contributed by atoms with Crippen LogP contribution in [0.15, 0.2) is 18.2 Å². The molecule has 1 rings (SSSR count). The number of amides is 2. The lowest BCUT2D eigenvalue weighted by Gasteiger charge is -2.17. The molecule has 0 bridgehead atoms. The summed E-state index contributed by atoms with van der Waals surface area (Å²) >= 11 is 5.94. The topological polar surface area (TPSA) is 84.2 Å². The van der Waals surface area contributed by atoms with Gasteiger partial charge in [-0.3, -0.25) is 9.59 Å². The third kappa shape index (κ3) is 5.02. The first kappa shape index (κ1) is 17.5. The lowest BCUT2D eigenvalue weighted by atomic mass is 10.0. The van der Waals surface area contributed by atoms with E-state index in [1.807, 2.05) is 6.92 Å². The summed E-state index contributed by atoms with van der Waals surface area (Å²) in [6, 6.07) is 4.50. The van der Waals surface area contributed by atoms with Crippen molar-refractivity contribution in [3.8, 4) is 0 Å². The van der Waals surface area contributed by atoms with E-state index in [1.54, 1.807) is 32.0 Å². The highest BCUT2D eigenvalue weighted by molar-refractivity contribution is 6.31. The van der Waals surface area contributed by atoms with Gasteiger partial charge in [0.05, 0.1) is 17.2 Å². The predicted octanol–water partition coefficient (Wildman–Crippen LogP) is 2.40. The Bertz CT molecular complexity index is 518. The molecule has 0 aromatic heterocycles. The van der Waals surface area contributed by atoms with Crippen molar-refractivity contribution in [2.24, 2.45) is 11.7 Å². The molecule has 116 valence electrons. The monoisotopic (exact) mass is 311 g/mol. The number of rotatable bonds is 6. The van der Waals surface area contributed by atoms with E-state index in [2.05, 4.69) is 10.6 Å². The standard InChI is InChI=1S/C15H22ClN3O2/c1-4-7-18-15(21)12-6-5-11(16)8-13(12)19-14(20)9(2)10(3)17/h5-6,8-10H,4,7,17H2,1-3H3,(H,18,21)(H,19,20). The summed E-state index contributed by atoms with van der Waals surface area (Å²) in [5.74, 6) is -0.843. The summed E-state index contributed by atoms with van der Waals surface area (Å²) in [7, 11) is 0. The molecule has 0 spiro atoms. The highest BCUT2D eigenvalue weighted by Gasteiger charge is 2.20. The minimum atomic E-state index is -0.365. The molecule has 0 saturated heterocycles. The molecule has 1 aromatic carbocycles. The summed E-state index contributed by atoms with van der Waals surface area (Å²) in [5, 5.41) is 5.95. The van der Waals surface area contributed by atoms with E-state index in [-0.39, 0.29) is 23.8 Å². The minimum Gasteiger partial charge on any atom is -0.352 e. The van der Waals surface area contributed by atoms with Crippen molar-refractivity contribution in [3.05, 3.63) is 28.8 Å². The van der Waals surface area contributed by atoms with Gasteiger partial charge >= 0.3 is 0 Å². The largest absolute Gasteiger partial charge is 0.352 e. The first-order valence-electron chi connectivity index (χ1n) is 7.01. The van der Waals surface area contributed by atoms with Crippen molar-refractivity contribution < 1.29 is 9.59 Å². The molecule has 0 aliphatic heterocycles. The summed E-state index contributed by atoms with van der Waals surface area (Å²) in [6.45, 7) is 6.04. The van der Waals surface area contributed by atoms with Crippen LogP contribution in [0.3, 0.4) is 0 Å². The van der Waals surface area contributed by atoms with Crippen LogP contribution in [0.5, 0.6) is 0 Å². The fourth-order valence-corrected chi connectivity index (χ4v) is 1.81. The Balaban J connectivity index is 2.97. The second-order valence-corrected chi connectivity index (χ2v) is 5.52. The van der Waals surface area contributed by atoms with Crippen LogP contribution in [0, 0.1) is 5.92 Å². The highest BCUT2D eigenvalue weighted by atomic mass is 35.5. The first-order chi connectivity index (χ1) is 9.86. The molecule has 5 nitrogen and oxygen atoms in total. The zero-order chi connectivity index (χ0) is 16.0. The molecule has 0 saturated carbocycles. The van der Waals surface area contributed by atoms with Crippen LogP contribution in [0.2, 0.25) is 5.02 Å². The van der Waals surface area contributed by atoms with Crippen LogP contribution in [0.4, 0.5) is 5.69 Å². The number of benzene rings is 1. The molecule has 4 N–H and O–H groups in total. The number of halogens is 1. The maximum absolute atomic E-state index is 12.1. The predicted molar refractivity (Wildman–Crippen MR) is 85.5 cm³/mol. The van der Waals surface area contributed by atoms with Gasteiger partial charge in [0, 0.05) is 17.6 Å². The lowest BCUT2D eigenvalue weighted by Crippen LogP contribution is -2.35. The van der Waals surface area contributed by atoms with Crippen LogP contribution < -0.4 is 16.4 Å². The Hall–Kier alpha value is -1.59. The fourth-order valence-electron chi connectivity index (χ4n) is 1.64. The summed E-state index contributed by atoms with van der Waals surface area (Å²) in [4.78, 5) is 24.2. The Labute approximate surface area is 130 Å². The number of carbonyl (C=O) groups is 2. The average molecular weight is 312 g/mol. The van der Waals surface area contributed by atoms with E-state index in [0.717, 1.165) is 6.42 Å². The lowest BCUT2D eigenvalue weighted by molar-refractivity contribution is -0.119. The van der Waals surface area contributed by atoms with Crippen molar-refractivity contribution in [3.63, 3.8) is 0 Å². The Morgan fingerprint density at radius 2 is 2.00 bits per heavy atom. The smallest absolute Gasteiger partial charge is 0.253 e. The molecular formula is C15H22ClN3O2. The third-order valence-corrected chi connectivity index (χ3v) is 3.46. The van der Waals surface area contributed by atoms with Crippen LogP contribution in [0.1, 0.15) is 37.6 Å². The maximum Gasteiger partial charge on any atom is 0.253 e. The summed E-state index contributed by atoms with van der Waals surface area (Å²) in [5.41, 5.74) is 6.50. The van der Waals surface area contributed by atoms with Crippen LogP contribution >= 0.6 is 11.6 Å². The van der Waals surface area contributed by atoms with Crippen molar-refractivity contribution in [2.75, 3.05) is 11.9 Å². The van der Waals surface area contributed by atoms with Crippen molar-refractivity contribution >= 4 is 29.1 Å². The molecule has 0 aliphatic rings. The van der Waals surface area contributed by atoms with Gasteiger partial charge in [-0.1, -0.05) is 25.4 Å². The summed E-state index contributed by atoms with van der Waals surface area (Å²) in [6.07, 6.45) is 0.836. The Kier molecular flexibility index (Phi) is 6.65. The van der Waals surface area contributed by atoms with Crippen molar-refractivity contribution in [2.45, 2.75) is 33.2 Å². The first-order valence-corrected chi connectivity index (χ1v) is 7.38. The quantitative estimate of drug-likeness (QED) is 0.754. The number of anilines is 1. The molecule has 0 heterocycles. The molecule has 1 aromatic rings. The van der Waals surface area contributed by atoms with Gasteiger partial charge in [0.1, 0.15) is 0 Å². The highest BCUT2D eigenvalue weighted by Crippen LogP contribution is 2.22. The maximum atomic E-state index is 12.1. The van der Waals surface area contributed by atoms with E-state index in [9.17, 15) is 9.59 Å². The van der Waals surface area contributed by atoms with Gasteiger partial charge in [-0.15, -0.1) is 0 Å². The normalized spacial score (nSPS) is 13.4. The zero-order valence-electron chi connectivity index (χ0n) is 12.6. The molecule has 2 amide bonds. The van der Waals surface area contributed by atoms with Gasteiger partial charge in [0.15, 0.2) is 0 Å². The van der Waals surface area contributed by atoms with Crippen molar-refractivity contribution in [1.82, 2.24) is 5.32 Å². The number of nitrogens with one attached hydrogen (secondary N) is 2. The molecule has 2 atom stereocenters. The molecule has 0 fully saturated rings. The van der Waals surface area contributed by atoms with Gasteiger partial charge in [-0.25, -0.2) is 0 Å². The molecule has 6 heteroatoms. The average Bonchev–Trinajstić information content (AvgIpc) is 2.43. The van der Waals surface area contributed by atoms with E-state index in [0.29, 0.717) is 22.8 Å². The summed E-state index contributed by atoms with van der Waals surface area (Å²) < 4.78 is 0. The van der Waals surface area contributed by atoms with E-state index >= 15 is 0 Å². The van der Waals surface area contributed by atoms with Gasteiger partial charge < -0.3 is 16.4 Å². The molecular weight excluding hydrogens is 290 g/mol. The number of hydrogen-bond donors (Lipinski definition) is 3. The van der Waals surface area contributed by atoms with Crippen molar-refractivity contribution in [1.29, 1.82) is 0 Å². The van der Waals surface area contributed by atoms with E-state index < -0.39 is 0 Å². The SMILES string of the molecule is CCCNC(=O)c1ccc(Cl)cc1NC(=O)C(C)C(C)N. The van der Waals surface area contributed by atoms with Gasteiger partial charge in [-0.2, -0.15) is 0 Å². The Morgan fingerprint density at radius 1 is 1.33 bits per heavy atom. The molecule has 21 heavy (non-hydrogen) atoms. The number of carbonyl (C=O) groups excluding carboxylic acids is 2. The second-order valence-electron chi connectivity index (χ2n) is 5.08. The molecule has 0 radical (unpaired) electrons. The van der Waals surface area contributed by atoms with Gasteiger partial charge in [0.2, 0.25) is 5.91 Å². The second kappa shape index (κ2) is 8.00.